The summed E-state index contributed by atoms with van der Waals surface area (Å²) in [6, 6.07) is 64.4. The van der Waals surface area contributed by atoms with Crippen molar-refractivity contribution in [1.29, 1.82) is 0 Å². The first-order valence-corrected chi connectivity index (χ1v) is 15.9. The van der Waals surface area contributed by atoms with Crippen LogP contribution in [0.1, 0.15) is 10.4 Å². The van der Waals surface area contributed by atoms with E-state index in [1.165, 1.54) is 38.2 Å². The number of nitrogens with zero attached hydrogens (tertiary/aromatic N) is 1. The molecule has 2 heteroatoms. The van der Waals surface area contributed by atoms with Gasteiger partial charge in [0.05, 0.1) is 0 Å². The number of anilines is 2. The van der Waals surface area contributed by atoms with E-state index in [0.717, 1.165) is 28.1 Å². The van der Waals surface area contributed by atoms with Crippen molar-refractivity contribution in [3.05, 3.63) is 194 Å². The number of amides is 1. The van der Waals surface area contributed by atoms with E-state index in [9.17, 15) is 4.79 Å². The number of rotatable bonds is 6. The molecule has 8 rings (SSSR count). The van der Waals surface area contributed by atoms with Crippen LogP contribution < -0.4 is 4.90 Å². The maximum Gasteiger partial charge on any atom is 0.262 e. The van der Waals surface area contributed by atoms with Crippen molar-refractivity contribution in [1.82, 2.24) is 0 Å². The summed E-state index contributed by atoms with van der Waals surface area (Å²) >= 11 is 0. The lowest BCUT2D eigenvalue weighted by Crippen LogP contribution is -2.25. The molecule has 0 spiro atoms. The first-order chi connectivity index (χ1) is 23.3. The fraction of sp³-hybridized carbons (Fsp3) is 0. The van der Waals surface area contributed by atoms with E-state index < -0.39 is 0 Å². The van der Waals surface area contributed by atoms with Crippen molar-refractivity contribution in [3.8, 4) is 33.4 Å². The summed E-state index contributed by atoms with van der Waals surface area (Å²) in [6.45, 7) is 0. The maximum atomic E-state index is 14.2. The van der Waals surface area contributed by atoms with Crippen LogP contribution in [-0.4, -0.2) is 5.91 Å². The molecule has 0 saturated heterocycles. The van der Waals surface area contributed by atoms with Gasteiger partial charge < -0.3 is 0 Å². The summed E-state index contributed by atoms with van der Waals surface area (Å²) in [4.78, 5) is 16.0. The van der Waals surface area contributed by atoms with Gasteiger partial charge in [0.15, 0.2) is 0 Å². The van der Waals surface area contributed by atoms with Gasteiger partial charge in [-0.3, -0.25) is 9.69 Å². The normalized spacial score (nSPS) is 11.1. The summed E-state index contributed by atoms with van der Waals surface area (Å²) in [5.41, 5.74) is 9.16. The second-order valence-corrected chi connectivity index (χ2v) is 11.7. The Morgan fingerprint density at radius 3 is 1.30 bits per heavy atom. The Kier molecular flexibility index (Phi) is 7.37. The third-order valence-electron chi connectivity index (χ3n) is 8.84. The lowest BCUT2D eigenvalue weighted by atomic mass is 9.86. The smallest absolute Gasteiger partial charge is 0.262 e. The molecule has 0 fully saturated rings. The number of fused-ring (bicyclic) bond motifs is 2. The number of hydrogen-bond donors (Lipinski definition) is 0. The molecule has 0 heterocycles. The minimum Gasteiger partial charge on any atom is -0.277 e. The molecule has 0 radical (unpaired) electrons. The molecule has 8 aromatic rings. The van der Waals surface area contributed by atoms with Crippen LogP contribution >= 0.6 is 0 Å². The first-order valence-electron chi connectivity index (χ1n) is 15.9. The Bertz CT molecular complexity index is 2290. The number of carbonyl (C=O) groups is 1. The first kappa shape index (κ1) is 28.2. The average molecular weight is 602 g/mol. The minimum atomic E-state index is -0.0772. The zero-order valence-corrected chi connectivity index (χ0v) is 25.8. The highest BCUT2D eigenvalue weighted by Gasteiger charge is 2.22. The molecule has 222 valence electrons. The summed E-state index contributed by atoms with van der Waals surface area (Å²) in [5.74, 6) is -0.0772. The molecular formula is C45H31NO. The molecule has 0 saturated carbocycles. The number of carbonyl (C=O) groups excluding carboxylic acids is 1. The molecule has 0 aromatic heterocycles. The van der Waals surface area contributed by atoms with E-state index in [0.29, 0.717) is 5.56 Å². The Morgan fingerprint density at radius 1 is 0.340 bits per heavy atom. The van der Waals surface area contributed by atoms with Crippen molar-refractivity contribution in [2.24, 2.45) is 0 Å². The van der Waals surface area contributed by atoms with Gasteiger partial charge in [-0.2, -0.15) is 0 Å². The van der Waals surface area contributed by atoms with Gasteiger partial charge in [0.25, 0.3) is 5.91 Å². The van der Waals surface area contributed by atoms with Crippen LogP contribution in [0.25, 0.3) is 54.9 Å². The van der Waals surface area contributed by atoms with Crippen molar-refractivity contribution < 1.29 is 4.79 Å². The molecule has 0 aliphatic rings. The molecule has 1 amide bonds. The Hall–Kier alpha value is -6.25. The van der Waals surface area contributed by atoms with Crippen LogP contribution in [0.5, 0.6) is 0 Å². The van der Waals surface area contributed by atoms with Crippen molar-refractivity contribution >= 4 is 38.8 Å². The topological polar surface area (TPSA) is 20.3 Å². The maximum absolute atomic E-state index is 14.2. The van der Waals surface area contributed by atoms with Crippen LogP contribution in [0, 0.1) is 0 Å². The van der Waals surface area contributed by atoms with E-state index in [4.69, 9.17) is 0 Å². The van der Waals surface area contributed by atoms with E-state index in [-0.39, 0.29) is 5.91 Å². The third-order valence-corrected chi connectivity index (χ3v) is 8.84. The van der Waals surface area contributed by atoms with Gasteiger partial charge in [-0.25, -0.2) is 0 Å². The SMILES string of the molecule is O=C(c1ccccc1)N(c1ccc(-c2c3ccccc3c(-c3ccccc3)c3ccccc23)cc1)c1cccc(-c2ccccc2)c1. The highest BCUT2D eigenvalue weighted by Crippen LogP contribution is 2.44. The number of benzene rings is 8. The summed E-state index contributed by atoms with van der Waals surface area (Å²) < 4.78 is 0. The van der Waals surface area contributed by atoms with Gasteiger partial charge in [0.2, 0.25) is 0 Å². The summed E-state index contributed by atoms with van der Waals surface area (Å²) in [7, 11) is 0. The Labute approximate surface area is 274 Å². The monoisotopic (exact) mass is 601 g/mol. The standard InChI is InChI=1S/C45H31NO/c47-45(35-19-8-3-9-20-35)46(38-22-14-21-36(31-38)32-15-4-1-5-16-32)37-29-27-34(28-30-37)44-41-25-12-10-23-39(41)43(33-17-6-2-7-18-33)40-24-11-13-26-42(40)44/h1-31H. The minimum absolute atomic E-state index is 0.0772. The predicted molar refractivity (Wildman–Crippen MR) is 197 cm³/mol. The van der Waals surface area contributed by atoms with Gasteiger partial charge in [0.1, 0.15) is 0 Å². The fourth-order valence-corrected chi connectivity index (χ4v) is 6.68. The predicted octanol–water partition coefficient (Wildman–Crippen LogP) is 12.0. The Balaban J connectivity index is 1.29. The largest absolute Gasteiger partial charge is 0.277 e. The van der Waals surface area contributed by atoms with Crippen LogP contribution in [0.4, 0.5) is 11.4 Å². The van der Waals surface area contributed by atoms with Crippen molar-refractivity contribution in [2.45, 2.75) is 0 Å². The summed E-state index contributed by atoms with van der Waals surface area (Å²) in [5, 5.41) is 4.83. The second kappa shape index (κ2) is 12.3. The van der Waals surface area contributed by atoms with E-state index >= 15 is 0 Å². The van der Waals surface area contributed by atoms with Crippen LogP contribution in [0.3, 0.4) is 0 Å². The zero-order valence-electron chi connectivity index (χ0n) is 25.8. The van der Waals surface area contributed by atoms with Gasteiger partial charge >= 0.3 is 0 Å². The van der Waals surface area contributed by atoms with Crippen LogP contribution in [-0.2, 0) is 0 Å². The molecule has 0 bridgehead atoms. The molecule has 0 N–H and O–H groups in total. The Morgan fingerprint density at radius 2 is 0.766 bits per heavy atom. The second-order valence-electron chi connectivity index (χ2n) is 11.7. The molecule has 0 unspecified atom stereocenters. The van der Waals surface area contributed by atoms with E-state index in [2.05, 4.69) is 127 Å². The number of hydrogen-bond acceptors (Lipinski definition) is 1. The summed E-state index contributed by atoms with van der Waals surface area (Å²) in [6.07, 6.45) is 0. The lowest BCUT2D eigenvalue weighted by Gasteiger charge is -2.24. The van der Waals surface area contributed by atoms with Crippen LogP contribution in [0.2, 0.25) is 0 Å². The van der Waals surface area contributed by atoms with Gasteiger partial charge in [-0.05, 0) is 91.3 Å². The van der Waals surface area contributed by atoms with Crippen molar-refractivity contribution in [2.75, 3.05) is 4.90 Å². The highest BCUT2D eigenvalue weighted by molar-refractivity contribution is 6.21. The lowest BCUT2D eigenvalue weighted by molar-refractivity contribution is 0.0999. The van der Waals surface area contributed by atoms with E-state index in [1.54, 1.807) is 0 Å². The molecular weight excluding hydrogens is 571 g/mol. The fourth-order valence-electron chi connectivity index (χ4n) is 6.68. The zero-order chi connectivity index (χ0) is 31.6. The molecule has 2 nitrogen and oxygen atoms in total. The molecule has 0 aliphatic carbocycles. The van der Waals surface area contributed by atoms with Gasteiger partial charge in [-0.1, -0.05) is 152 Å². The molecule has 0 aliphatic heterocycles. The third kappa shape index (κ3) is 5.26. The van der Waals surface area contributed by atoms with Crippen molar-refractivity contribution in [3.63, 3.8) is 0 Å². The van der Waals surface area contributed by atoms with Crippen LogP contribution in [0.15, 0.2) is 188 Å². The average Bonchev–Trinajstić information content (AvgIpc) is 3.15. The highest BCUT2D eigenvalue weighted by atomic mass is 16.2. The molecule has 8 aromatic carbocycles. The van der Waals surface area contributed by atoms with Gasteiger partial charge in [-0.15, -0.1) is 0 Å². The van der Waals surface area contributed by atoms with Gasteiger partial charge in [0, 0.05) is 16.9 Å². The quantitative estimate of drug-likeness (QED) is 0.174. The van der Waals surface area contributed by atoms with E-state index in [1.807, 2.05) is 65.6 Å². The molecule has 0 atom stereocenters. The molecule has 47 heavy (non-hydrogen) atoms.